The normalized spacial score (nSPS) is 8.89. The molecule has 0 spiro atoms. The van der Waals surface area contributed by atoms with Crippen molar-refractivity contribution >= 4 is 76.7 Å². The molecule has 0 rings (SSSR count). The SMILES string of the molecule is CC(=CCl)C(=O)O.[NaH].[NaH]. The monoisotopic (exact) mass is 168 g/mol. The molecular weight excluding hydrogens is 161 g/mol. The number of carbonyl (C=O) groups is 1. The third-order valence-corrected chi connectivity index (χ3v) is 0.828. The summed E-state index contributed by atoms with van der Waals surface area (Å²) in [5.41, 5.74) is 1.18. The first kappa shape index (κ1) is 16.8. The quantitative estimate of drug-likeness (QED) is 0.439. The Hall–Kier alpha value is 1.50. The molecule has 0 amide bonds. The second-order valence-electron chi connectivity index (χ2n) is 1.10. The number of hydrogen-bond donors (Lipinski definition) is 1. The maximum absolute atomic E-state index is 9.78. The molecule has 0 aliphatic rings. The van der Waals surface area contributed by atoms with Crippen LogP contribution >= 0.6 is 11.6 Å². The Morgan fingerprint density at radius 2 is 1.89 bits per heavy atom. The van der Waals surface area contributed by atoms with Gasteiger partial charge in [-0.05, 0) is 6.92 Å². The molecule has 2 nitrogen and oxygen atoms in total. The number of carboxylic acid groups (broad SMARTS) is 1. The number of aliphatic carboxylic acids is 1. The van der Waals surface area contributed by atoms with Gasteiger partial charge in [-0.1, -0.05) is 11.6 Å². The molecular formula is C4H7ClNa2O2. The molecule has 44 valence electrons. The molecule has 0 bridgehead atoms. The Labute approximate surface area is 103 Å². The van der Waals surface area contributed by atoms with Crippen molar-refractivity contribution < 1.29 is 9.90 Å². The van der Waals surface area contributed by atoms with Gasteiger partial charge in [0.25, 0.3) is 0 Å². The van der Waals surface area contributed by atoms with Crippen LogP contribution in [0.2, 0.25) is 0 Å². The Balaban J connectivity index is -0.000000180. The van der Waals surface area contributed by atoms with Gasteiger partial charge in [0.2, 0.25) is 0 Å². The van der Waals surface area contributed by atoms with Crippen molar-refractivity contribution in [1.29, 1.82) is 0 Å². The molecule has 0 aromatic rings. The summed E-state index contributed by atoms with van der Waals surface area (Å²) in [6.07, 6.45) is 0. The third-order valence-electron chi connectivity index (χ3n) is 0.501. The fourth-order valence-corrected chi connectivity index (χ4v) is 0.140. The Morgan fingerprint density at radius 3 is 1.89 bits per heavy atom. The van der Waals surface area contributed by atoms with E-state index in [-0.39, 0.29) is 64.7 Å². The maximum atomic E-state index is 9.78. The van der Waals surface area contributed by atoms with E-state index >= 15 is 0 Å². The van der Waals surface area contributed by atoms with Crippen LogP contribution in [0.4, 0.5) is 0 Å². The van der Waals surface area contributed by atoms with Crippen molar-refractivity contribution in [3.8, 4) is 0 Å². The van der Waals surface area contributed by atoms with Crippen LogP contribution < -0.4 is 0 Å². The topological polar surface area (TPSA) is 37.3 Å². The molecule has 0 saturated carbocycles. The van der Waals surface area contributed by atoms with Crippen molar-refractivity contribution in [2.75, 3.05) is 0 Å². The third kappa shape index (κ3) is 9.50. The Kier molecular flexibility index (Phi) is 17.8. The van der Waals surface area contributed by atoms with Gasteiger partial charge in [-0.2, -0.15) is 0 Å². The fourth-order valence-electron chi connectivity index (χ4n) is 0.0467. The molecule has 0 aliphatic heterocycles. The molecule has 0 aromatic heterocycles. The molecule has 0 fully saturated rings. The summed E-state index contributed by atoms with van der Waals surface area (Å²) < 4.78 is 0. The van der Waals surface area contributed by atoms with Crippen molar-refractivity contribution in [2.24, 2.45) is 0 Å². The molecule has 0 atom stereocenters. The van der Waals surface area contributed by atoms with E-state index in [0.29, 0.717) is 0 Å². The molecule has 0 radical (unpaired) electrons. The second-order valence-corrected chi connectivity index (χ2v) is 1.32. The average molecular weight is 169 g/mol. The van der Waals surface area contributed by atoms with Gasteiger partial charge in [0.15, 0.2) is 0 Å². The summed E-state index contributed by atoms with van der Waals surface area (Å²) in [6.45, 7) is 1.43. The Morgan fingerprint density at radius 1 is 1.56 bits per heavy atom. The van der Waals surface area contributed by atoms with Crippen LogP contribution in [0.25, 0.3) is 0 Å². The van der Waals surface area contributed by atoms with E-state index in [2.05, 4.69) is 0 Å². The van der Waals surface area contributed by atoms with Gasteiger partial charge < -0.3 is 5.11 Å². The zero-order valence-electron chi connectivity index (χ0n) is 3.81. The summed E-state index contributed by atoms with van der Waals surface area (Å²) in [6, 6.07) is 0. The van der Waals surface area contributed by atoms with Gasteiger partial charge >= 0.3 is 65.1 Å². The summed E-state index contributed by atoms with van der Waals surface area (Å²) in [5, 5.41) is 8.03. The number of rotatable bonds is 1. The summed E-state index contributed by atoms with van der Waals surface area (Å²) in [4.78, 5) is 9.78. The van der Waals surface area contributed by atoms with Crippen LogP contribution in [0.5, 0.6) is 0 Å². The molecule has 0 saturated heterocycles. The van der Waals surface area contributed by atoms with E-state index in [4.69, 9.17) is 16.7 Å². The molecule has 0 heterocycles. The number of halogens is 1. The minimum absolute atomic E-state index is 0. The predicted octanol–water partition coefficient (Wildman–Crippen LogP) is -0.0834. The van der Waals surface area contributed by atoms with E-state index in [1.807, 2.05) is 0 Å². The van der Waals surface area contributed by atoms with Gasteiger partial charge in [0.1, 0.15) is 0 Å². The zero-order valence-corrected chi connectivity index (χ0v) is 4.57. The van der Waals surface area contributed by atoms with Crippen LogP contribution in [0.15, 0.2) is 11.1 Å². The summed E-state index contributed by atoms with van der Waals surface area (Å²) >= 11 is 5.00. The van der Waals surface area contributed by atoms with Crippen LogP contribution in [0, 0.1) is 0 Å². The molecule has 0 aliphatic carbocycles. The van der Waals surface area contributed by atoms with E-state index in [1.165, 1.54) is 6.92 Å². The van der Waals surface area contributed by atoms with Gasteiger partial charge in [-0.15, -0.1) is 0 Å². The van der Waals surface area contributed by atoms with Crippen molar-refractivity contribution in [3.63, 3.8) is 0 Å². The molecule has 0 unspecified atom stereocenters. The fraction of sp³-hybridized carbons (Fsp3) is 0.250. The van der Waals surface area contributed by atoms with Crippen LogP contribution in [-0.2, 0) is 4.79 Å². The summed E-state index contributed by atoms with van der Waals surface area (Å²) in [5.74, 6) is -0.977. The predicted molar refractivity (Wildman–Crippen MR) is 41.5 cm³/mol. The van der Waals surface area contributed by atoms with E-state index in [9.17, 15) is 4.79 Å². The van der Waals surface area contributed by atoms with Gasteiger partial charge in [0.05, 0.1) is 0 Å². The molecule has 9 heavy (non-hydrogen) atoms. The van der Waals surface area contributed by atoms with E-state index in [1.54, 1.807) is 0 Å². The molecule has 5 heteroatoms. The molecule has 0 aromatic carbocycles. The number of hydrogen-bond acceptors (Lipinski definition) is 1. The van der Waals surface area contributed by atoms with Gasteiger partial charge in [0, 0.05) is 11.1 Å². The minimum atomic E-state index is -0.977. The van der Waals surface area contributed by atoms with Crippen molar-refractivity contribution in [2.45, 2.75) is 6.92 Å². The first-order valence-electron chi connectivity index (χ1n) is 1.68. The zero-order chi connectivity index (χ0) is 5.86. The average Bonchev–Trinajstić information content (AvgIpc) is 1.65. The van der Waals surface area contributed by atoms with Crippen molar-refractivity contribution in [1.82, 2.24) is 0 Å². The van der Waals surface area contributed by atoms with Gasteiger partial charge in [-0.25, -0.2) is 4.79 Å². The van der Waals surface area contributed by atoms with Gasteiger partial charge in [-0.3, -0.25) is 0 Å². The van der Waals surface area contributed by atoms with Crippen LogP contribution in [-0.4, -0.2) is 70.2 Å². The summed E-state index contributed by atoms with van der Waals surface area (Å²) in [7, 11) is 0. The van der Waals surface area contributed by atoms with Crippen LogP contribution in [0.3, 0.4) is 0 Å². The first-order chi connectivity index (χ1) is 3.18. The standard InChI is InChI=1S/C4H5ClO2.2Na.2H/c1-3(2-5)4(6)7;;;;/h2H,1H3,(H,6,7);;;;. The van der Waals surface area contributed by atoms with Crippen molar-refractivity contribution in [3.05, 3.63) is 11.1 Å². The first-order valence-corrected chi connectivity index (χ1v) is 2.12. The van der Waals surface area contributed by atoms with Crippen LogP contribution in [0.1, 0.15) is 6.92 Å². The van der Waals surface area contributed by atoms with E-state index in [0.717, 1.165) is 5.54 Å². The second kappa shape index (κ2) is 9.50. The molecule has 1 N–H and O–H groups in total. The number of carboxylic acids is 1. The van der Waals surface area contributed by atoms with E-state index < -0.39 is 5.97 Å². The Bertz CT molecular complexity index is 113.